The van der Waals surface area contributed by atoms with Crippen molar-refractivity contribution in [3.05, 3.63) is 66.2 Å². The van der Waals surface area contributed by atoms with Gasteiger partial charge in [0.15, 0.2) is 18.1 Å². The number of ether oxygens (including phenoxy) is 4. The molecule has 3 aromatic carbocycles. The van der Waals surface area contributed by atoms with Crippen LogP contribution in [0.2, 0.25) is 0 Å². The van der Waals surface area contributed by atoms with E-state index in [4.69, 9.17) is 18.9 Å². The zero-order valence-electron chi connectivity index (χ0n) is 17.8. The average molecular weight is 452 g/mol. The lowest BCUT2D eigenvalue weighted by molar-refractivity contribution is -0.121. The summed E-state index contributed by atoms with van der Waals surface area (Å²) in [6.45, 7) is -0.441. The highest BCUT2D eigenvalue weighted by molar-refractivity contribution is 7.99. The van der Waals surface area contributed by atoms with Crippen molar-refractivity contribution < 1.29 is 28.5 Å². The molecular weight excluding hydrogens is 430 g/mol. The largest absolute Gasteiger partial charge is 0.493 e. The molecule has 1 aliphatic rings. The Morgan fingerprint density at radius 2 is 1.38 bits per heavy atom. The number of amides is 1. The third-order valence-electron chi connectivity index (χ3n) is 4.93. The van der Waals surface area contributed by atoms with Crippen LogP contribution in [0.15, 0.2) is 70.5 Å². The Kier molecular flexibility index (Phi) is 6.23. The summed E-state index contributed by atoms with van der Waals surface area (Å²) in [5.41, 5.74) is 1.63. The highest BCUT2D eigenvalue weighted by Gasteiger charge is 2.29. The van der Waals surface area contributed by atoms with Crippen molar-refractivity contribution in [3.8, 4) is 17.2 Å². The maximum Gasteiger partial charge on any atom is 0.342 e. The number of hydrogen-bond donors (Lipinski definition) is 0. The molecule has 0 radical (unpaired) electrons. The molecule has 7 nitrogen and oxygen atoms in total. The number of benzene rings is 3. The fraction of sp³-hybridized carbons (Fsp3) is 0.167. The maximum atomic E-state index is 13.2. The molecule has 164 valence electrons. The molecule has 4 rings (SSSR count). The van der Waals surface area contributed by atoms with Crippen LogP contribution < -0.4 is 19.1 Å². The molecule has 0 unspecified atom stereocenters. The molecule has 3 aromatic rings. The number of rotatable bonds is 6. The van der Waals surface area contributed by atoms with E-state index in [1.54, 1.807) is 22.7 Å². The zero-order valence-corrected chi connectivity index (χ0v) is 18.6. The van der Waals surface area contributed by atoms with Crippen LogP contribution in [0.4, 0.5) is 11.4 Å². The number of esters is 1. The fourth-order valence-electron chi connectivity index (χ4n) is 3.50. The molecule has 0 aromatic heterocycles. The molecule has 1 heterocycles. The van der Waals surface area contributed by atoms with Gasteiger partial charge in [0.25, 0.3) is 5.91 Å². The Labute approximate surface area is 189 Å². The van der Waals surface area contributed by atoms with E-state index in [9.17, 15) is 9.59 Å². The van der Waals surface area contributed by atoms with E-state index in [-0.39, 0.29) is 23.0 Å². The summed E-state index contributed by atoms with van der Waals surface area (Å²) >= 11 is 1.59. The van der Waals surface area contributed by atoms with Gasteiger partial charge >= 0.3 is 5.97 Å². The van der Waals surface area contributed by atoms with Crippen molar-refractivity contribution in [2.24, 2.45) is 0 Å². The van der Waals surface area contributed by atoms with E-state index >= 15 is 0 Å². The summed E-state index contributed by atoms with van der Waals surface area (Å²) in [5, 5.41) is 0. The van der Waals surface area contributed by atoms with E-state index in [0.717, 1.165) is 21.2 Å². The first kappa shape index (κ1) is 21.6. The van der Waals surface area contributed by atoms with Gasteiger partial charge in [-0.25, -0.2) is 4.79 Å². The second-order valence-corrected chi connectivity index (χ2v) is 7.81. The zero-order chi connectivity index (χ0) is 22.7. The van der Waals surface area contributed by atoms with Crippen LogP contribution in [0, 0.1) is 0 Å². The summed E-state index contributed by atoms with van der Waals surface area (Å²) in [5.74, 6) is -0.209. The Bertz CT molecular complexity index is 1130. The van der Waals surface area contributed by atoms with Crippen molar-refractivity contribution in [2.45, 2.75) is 9.79 Å². The molecule has 1 amide bonds. The van der Waals surface area contributed by atoms with Gasteiger partial charge in [-0.15, -0.1) is 0 Å². The molecule has 32 heavy (non-hydrogen) atoms. The van der Waals surface area contributed by atoms with E-state index < -0.39 is 12.6 Å². The molecule has 0 atom stereocenters. The lowest BCUT2D eigenvalue weighted by atomic mass is 10.1. The summed E-state index contributed by atoms with van der Waals surface area (Å²) in [6.07, 6.45) is 0. The third kappa shape index (κ3) is 3.85. The fourth-order valence-corrected chi connectivity index (χ4v) is 4.56. The van der Waals surface area contributed by atoms with Crippen LogP contribution in [0.3, 0.4) is 0 Å². The number of anilines is 2. The minimum Gasteiger partial charge on any atom is -0.493 e. The van der Waals surface area contributed by atoms with Crippen LogP contribution in [0.1, 0.15) is 10.4 Å². The van der Waals surface area contributed by atoms with Gasteiger partial charge in [-0.2, -0.15) is 0 Å². The van der Waals surface area contributed by atoms with Gasteiger partial charge in [-0.1, -0.05) is 36.0 Å². The van der Waals surface area contributed by atoms with Crippen molar-refractivity contribution >= 4 is 35.0 Å². The smallest absolute Gasteiger partial charge is 0.342 e. The van der Waals surface area contributed by atoms with E-state index in [0.29, 0.717) is 5.75 Å². The van der Waals surface area contributed by atoms with Crippen molar-refractivity contribution in [3.63, 3.8) is 0 Å². The second-order valence-electron chi connectivity index (χ2n) is 6.72. The topological polar surface area (TPSA) is 74.3 Å². The molecular formula is C24H21NO6S. The first-order valence-electron chi connectivity index (χ1n) is 9.74. The molecule has 0 aliphatic carbocycles. The predicted molar refractivity (Wildman–Crippen MR) is 121 cm³/mol. The van der Waals surface area contributed by atoms with Crippen LogP contribution >= 0.6 is 11.8 Å². The SMILES string of the molecule is COc1ccc(C(=O)OCC(=O)N2c3ccccc3Sc3ccccc32)c(OC)c1OC. The third-order valence-corrected chi connectivity index (χ3v) is 6.06. The average Bonchev–Trinajstić information content (AvgIpc) is 2.84. The molecule has 0 saturated carbocycles. The first-order valence-corrected chi connectivity index (χ1v) is 10.6. The van der Waals surface area contributed by atoms with Crippen LogP contribution in [-0.2, 0) is 9.53 Å². The van der Waals surface area contributed by atoms with Gasteiger partial charge in [-0.05, 0) is 36.4 Å². The summed E-state index contributed by atoms with van der Waals surface area (Å²) < 4.78 is 21.3. The standard InChI is InChI=1S/C24H21NO6S/c1-28-18-13-12-15(22(29-2)23(18)30-3)24(27)31-14-21(26)25-16-8-4-6-10-19(16)32-20-11-7-5-9-17(20)25/h4-13H,14H2,1-3H3. The number of carbonyl (C=O) groups is 2. The highest BCUT2D eigenvalue weighted by atomic mass is 32.2. The first-order chi connectivity index (χ1) is 15.6. The maximum absolute atomic E-state index is 13.2. The van der Waals surface area contributed by atoms with Crippen molar-refractivity contribution in [2.75, 3.05) is 32.8 Å². The van der Waals surface area contributed by atoms with E-state index in [2.05, 4.69) is 0 Å². The molecule has 1 aliphatic heterocycles. The summed E-state index contributed by atoms with van der Waals surface area (Å²) in [6, 6.07) is 18.3. The molecule has 0 fully saturated rings. The van der Waals surface area contributed by atoms with Crippen molar-refractivity contribution in [1.82, 2.24) is 0 Å². The lowest BCUT2D eigenvalue weighted by Gasteiger charge is -2.30. The predicted octanol–water partition coefficient (Wildman–Crippen LogP) is 4.70. The molecule has 0 saturated heterocycles. The highest BCUT2D eigenvalue weighted by Crippen LogP contribution is 2.48. The van der Waals surface area contributed by atoms with Gasteiger partial charge < -0.3 is 18.9 Å². The molecule has 0 bridgehead atoms. The molecule has 0 N–H and O–H groups in total. The minimum atomic E-state index is -0.705. The number of hydrogen-bond acceptors (Lipinski definition) is 7. The van der Waals surface area contributed by atoms with Crippen LogP contribution in [0.5, 0.6) is 17.2 Å². The van der Waals surface area contributed by atoms with E-state index in [1.165, 1.54) is 27.4 Å². The minimum absolute atomic E-state index is 0.132. The monoisotopic (exact) mass is 451 g/mol. The Balaban J connectivity index is 1.59. The second kappa shape index (κ2) is 9.23. The van der Waals surface area contributed by atoms with Crippen LogP contribution in [0.25, 0.3) is 0 Å². The Hall–Kier alpha value is -3.65. The summed E-state index contributed by atoms with van der Waals surface area (Å²) in [4.78, 5) is 29.5. The van der Waals surface area contributed by atoms with E-state index in [1.807, 2.05) is 48.5 Å². The van der Waals surface area contributed by atoms with Gasteiger partial charge in [0.05, 0.1) is 32.7 Å². The number of para-hydroxylation sites is 2. The quantitative estimate of drug-likeness (QED) is 0.503. The van der Waals surface area contributed by atoms with Gasteiger partial charge in [0.2, 0.25) is 5.75 Å². The number of fused-ring (bicyclic) bond motifs is 2. The van der Waals surface area contributed by atoms with Gasteiger partial charge in [0.1, 0.15) is 5.56 Å². The number of carbonyl (C=O) groups excluding carboxylic acids is 2. The van der Waals surface area contributed by atoms with Gasteiger partial charge in [-0.3, -0.25) is 9.69 Å². The molecule has 8 heteroatoms. The molecule has 0 spiro atoms. The Morgan fingerprint density at radius 1 is 0.781 bits per heavy atom. The summed E-state index contributed by atoms with van der Waals surface area (Å²) in [7, 11) is 4.35. The lowest BCUT2D eigenvalue weighted by Crippen LogP contribution is -2.32. The Morgan fingerprint density at radius 3 is 1.94 bits per heavy atom. The van der Waals surface area contributed by atoms with Gasteiger partial charge in [0, 0.05) is 9.79 Å². The normalized spacial score (nSPS) is 11.8. The van der Waals surface area contributed by atoms with Crippen molar-refractivity contribution in [1.29, 1.82) is 0 Å². The van der Waals surface area contributed by atoms with Crippen LogP contribution in [-0.4, -0.2) is 39.8 Å². The number of nitrogens with zero attached hydrogens (tertiary/aromatic N) is 1. The number of methoxy groups -OCH3 is 3.